The van der Waals surface area contributed by atoms with Crippen molar-refractivity contribution in [1.29, 1.82) is 0 Å². The Bertz CT molecular complexity index is 630. The Morgan fingerprint density at radius 2 is 2.15 bits per heavy atom. The summed E-state index contributed by atoms with van der Waals surface area (Å²) in [6.07, 6.45) is 2.42. The molecular weight excluding hydrogens is 256 g/mol. The van der Waals surface area contributed by atoms with Crippen molar-refractivity contribution in [3.8, 4) is 0 Å². The highest BCUT2D eigenvalue weighted by Gasteiger charge is 2.21. The number of nitrogens with zero attached hydrogens (tertiary/aromatic N) is 3. The van der Waals surface area contributed by atoms with E-state index >= 15 is 0 Å². The normalized spacial score (nSPS) is 14.2. The third-order valence-corrected chi connectivity index (χ3v) is 3.71. The highest BCUT2D eigenvalue weighted by atomic mass is 16.6. The van der Waals surface area contributed by atoms with Crippen LogP contribution in [-0.4, -0.2) is 28.0 Å². The zero-order valence-corrected chi connectivity index (χ0v) is 11.8. The molecule has 6 nitrogen and oxygen atoms in total. The van der Waals surface area contributed by atoms with Gasteiger partial charge in [-0.15, -0.1) is 0 Å². The number of aromatic nitrogens is 2. The first kappa shape index (κ1) is 14.3. The van der Waals surface area contributed by atoms with Gasteiger partial charge in [-0.1, -0.05) is 6.92 Å². The van der Waals surface area contributed by atoms with Crippen molar-refractivity contribution in [2.45, 2.75) is 32.2 Å². The third kappa shape index (κ3) is 2.60. The van der Waals surface area contributed by atoms with Crippen LogP contribution in [0.3, 0.4) is 0 Å². The van der Waals surface area contributed by atoms with Crippen molar-refractivity contribution in [2.75, 3.05) is 7.05 Å². The van der Waals surface area contributed by atoms with Crippen LogP contribution in [0, 0.1) is 10.1 Å². The Morgan fingerprint density at radius 1 is 1.40 bits per heavy atom. The number of nitrogens with one attached hydrogen (secondary N) is 1. The van der Waals surface area contributed by atoms with Gasteiger partial charge in [0.05, 0.1) is 16.1 Å². The van der Waals surface area contributed by atoms with Gasteiger partial charge in [-0.05, 0) is 26.5 Å². The highest BCUT2D eigenvalue weighted by Crippen LogP contribution is 2.29. The standard InChI is InChI=1S/C14H18N4O2/c1-4-11(9(2)15-3)14-12-7-10(18(19)20)5-6-13(12)16-8-17-14/h5-9,11,15H,4H2,1-3H3. The Hall–Kier alpha value is -2.08. The molecule has 2 rings (SSSR count). The summed E-state index contributed by atoms with van der Waals surface area (Å²) in [6.45, 7) is 4.17. The molecule has 0 fully saturated rings. The molecule has 0 spiro atoms. The van der Waals surface area contributed by atoms with Crippen molar-refractivity contribution in [1.82, 2.24) is 15.3 Å². The number of hydrogen-bond acceptors (Lipinski definition) is 5. The van der Waals surface area contributed by atoms with Gasteiger partial charge in [0.1, 0.15) is 6.33 Å². The second-order valence-corrected chi connectivity index (χ2v) is 4.81. The van der Waals surface area contributed by atoms with Crippen LogP contribution >= 0.6 is 0 Å². The molecular formula is C14H18N4O2. The van der Waals surface area contributed by atoms with Crippen LogP contribution in [-0.2, 0) is 0 Å². The van der Waals surface area contributed by atoms with Crippen molar-refractivity contribution < 1.29 is 4.92 Å². The van der Waals surface area contributed by atoms with Crippen LogP contribution in [0.4, 0.5) is 5.69 Å². The first-order valence-corrected chi connectivity index (χ1v) is 6.64. The maximum atomic E-state index is 10.9. The molecule has 0 aliphatic carbocycles. The lowest BCUT2D eigenvalue weighted by atomic mass is 9.91. The SMILES string of the molecule is CCC(c1ncnc2ccc([N+](=O)[O-])cc12)C(C)NC. The summed E-state index contributed by atoms with van der Waals surface area (Å²) < 4.78 is 0. The molecule has 0 saturated heterocycles. The maximum absolute atomic E-state index is 10.9. The number of non-ortho nitro benzene ring substituents is 1. The van der Waals surface area contributed by atoms with E-state index in [0.29, 0.717) is 0 Å². The van der Waals surface area contributed by atoms with E-state index in [0.717, 1.165) is 23.0 Å². The molecule has 106 valence electrons. The van der Waals surface area contributed by atoms with Gasteiger partial charge in [0.15, 0.2) is 0 Å². The molecule has 1 aromatic heterocycles. The van der Waals surface area contributed by atoms with Crippen LogP contribution in [0.2, 0.25) is 0 Å². The van der Waals surface area contributed by atoms with E-state index in [2.05, 4.69) is 29.1 Å². The molecule has 0 radical (unpaired) electrons. The summed E-state index contributed by atoms with van der Waals surface area (Å²) in [6, 6.07) is 4.95. The van der Waals surface area contributed by atoms with Crippen LogP contribution in [0.25, 0.3) is 10.9 Å². The fourth-order valence-corrected chi connectivity index (χ4v) is 2.46. The lowest BCUT2D eigenvalue weighted by Gasteiger charge is -2.22. The van der Waals surface area contributed by atoms with Gasteiger partial charge in [-0.25, -0.2) is 9.97 Å². The Morgan fingerprint density at radius 3 is 2.75 bits per heavy atom. The summed E-state index contributed by atoms with van der Waals surface area (Å²) in [5.74, 6) is 0.188. The van der Waals surface area contributed by atoms with Gasteiger partial charge in [0, 0.05) is 29.5 Å². The average molecular weight is 274 g/mol. The molecule has 1 N–H and O–H groups in total. The first-order chi connectivity index (χ1) is 9.58. The van der Waals surface area contributed by atoms with Gasteiger partial charge >= 0.3 is 0 Å². The predicted molar refractivity (Wildman–Crippen MR) is 77.7 cm³/mol. The summed E-state index contributed by atoms with van der Waals surface area (Å²) in [5.41, 5.74) is 1.67. The van der Waals surface area contributed by atoms with Crippen LogP contribution in [0.5, 0.6) is 0 Å². The molecule has 0 bridgehead atoms. The predicted octanol–water partition coefficient (Wildman–Crippen LogP) is 2.64. The largest absolute Gasteiger partial charge is 0.317 e. The Labute approximate surface area is 117 Å². The van der Waals surface area contributed by atoms with E-state index in [4.69, 9.17) is 0 Å². The zero-order valence-electron chi connectivity index (χ0n) is 11.8. The maximum Gasteiger partial charge on any atom is 0.270 e. The number of benzene rings is 1. The van der Waals surface area contributed by atoms with Gasteiger partial charge in [0.2, 0.25) is 0 Å². The molecule has 1 aromatic carbocycles. The molecule has 0 amide bonds. The molecule has 0 aliphatic rings. The van der Waals surface area contributed by atoms with Crippen molar-refractivity contribution in [3.05, 3.63) is 40.3 Å². The van der Waals surface area contributed by atoms with E-state index in [1.54, 1.807) is 12.1 Å². The molecule has 0 saturated carbocycles. The van der Waals surface area contributed by atoms with Gasteiger partial charge in [-0.3, -0.25) is 10.1 Å². The summed E-state index contributed by atoms with van der Waals surface area (Å²) in [4.78, 5) is 19.1. The quantitative estimate of drug-likeness (QED) is 0.669. The van der Waals surface area contributed by atoms with E-state index in [1.165, 1.54) is 12.4 Å². The van der Waals surface area contributed by atoms with Gasteiger partial charge < -0.3 is 5.32 Å². The molecule has 6 heteroatoms. The van der Waals surface area contributed by atoms with Gasteiger partial charge in [0.25, 0.3) is 5.69 Å². The molecule has 20 heavy (non-hydrogen) atoms. The van der Waals surface area contributed by atoms with Crippen molar-refractivity contribution in [3.63, 3.8) is 0 Å². The highest BCUT2D eigenvalue weighted by molar-refractivity contribution is 5.83. The smallest absolute Gasteiger partial charge is 0.270 e. The topological polar surface area (TPSA) is 81.0 Å². The molecule has 1 heterocycles. The monoisotopic (exact) mass is 274 g/mol. The van der Waals surface area contributed by atoms with E-state index in [1.807, 2.05) is 7.05 Å². The Kier molecular flexibility index (Phi) is 4.24. The van der Waals surface area contributed by atoms with Crippen LogP contribution in [0.1, 0.15) is 31.9 Å². The summed E-state index contributed by atoms with van der Waals surface area (Å²) >= 11 is 0. The average Bonchev–Trinajstić information content (AvgIpc) is 2.47. The summed E-state index contributed by atoms with van der Waals surface area (Å²) in [5, 5.41) is 14.9. The second kappa shape index (κ2) is 5.92. The Balaban J connectivity index is 2.62. The molecule has 2 atom stereocenters. The fraction of sp³-hybridized carbons (Fsp3) is 0.429. The summed E-state index contributed by atoms with van der Waals surface area (Å²) in [7, 11) is 1.90. The number of fused-ring (bicyclic) bond motifs is 1. The molecule has 2 aromatic rings. The minimum atomic E-state index is -0.390. The third-order valence-electron chi connectivity index (χ3n) is 3.71. The molecule has 0 aliphatic heterocycles. The fourth-order valence-electron chi connectivity index (χ4n) is 2.46. The minimum absolute atomic E-state index is 0.0699. The lowest BCUT2D eigenvalue weighted by Crippen LogP contribution is -2.29. The van der Waals surface area contributed by atoms with Crippen LogP contribution < -0.4 is 5.32 Å². The first-order valence-electron chi connectivity index (χ1n) is 6.64. The number of nitro groups is 1. The number of hydrogen-bond donors (Lipinski definition) is 1. The number of likely N-dealkylation sites (N-methyl/N-ethyl adjacent to an activating group) is 1. The van der Waals surface area contributed by atoms with E-state index < -0.39 is 4.92 Å². The van der Waals surface area contributed by atoms with Crippen LogP contribution in [0.15, 0.2) is 24.5 Å². The van der Waals surface area contributed by atoms with E-state index in [-0.39, 0.29) is 17.6 Å². The van der Waals surface area contributed by atoms with Crippen molar-refractivity contribution in [2.24, 2.45) is 0 Å². The van der Waals surface area contributed by atoms with E-state index in [9.17, 15) is 10.1 Å². The molecule has 2 unspecified atom stereocenters. The van der Waals surface area contributed by atoms with Gasteiger partial charge in [-0.2, -0.15) is 0 Å². The minimum Gasteiger partial charge on any atom is -0.317 e. The second-order valence-electron chi connectivity index (χ2n) is 4.81. The van der Waals surface area contributed by atoms with Crippen molar-refractivity contribution >= 4 is 16.6 Å². The number of rotatable bonds is 5. The number of nitro benzene ring substituents is 1. The zero-order chi connectivity index (χ0) is 14.7. The lowest BCUT2D eigenvalue weighted by molar-refractivity contribution is -0.384.